The first-order valence-corrected chi connectivity index (χ1v) is 4.45. The molecule has 0 N–H and O–H groups in total. The molecule has 12 heavy (non-hydrogen) atoms. The first kappa shape index (κ1) is 11.4. The minimum atomic E-state index is 0.234. The van der Waals surface area contributed by atoms with Gasteiger partial charge in [0, 0.05) is 12.1 Å². The quantitative estimate of drug-likeness (QED) is 0.459. The first-order chi connectivity index (χ1) is 5.67. The van der Waals surface area contributed by atoms with Gasteiger partial charge in [-0.15, -0.1) is 9.97 Å². The van der Waals surface area contributed by atoms with Gasteiger partial charge >= 0.3 is 0 Å². The minimum absolute atomic E-state index is 0.234. The molecule has 4 nitrogen and oxygen atoms in total. The molecule has 0 fully saturated rings. The topological polar surface area (TPSA) is 41.9 Å². The fourth-order valence-electron chi connectivity index (χ4n) is 0.994. The van der Waals surface area contributed by atoms with E-state index in [1.54, 1.807) is 5.06 Å². The second-order valence-corrected chi connectivity index (χ2v) is 3.03. The summed E-state index contributed by atoms with van der Waals surface area (Å²) >= 11 is 0. The monoisotopic (exact) mass is 174 g/mol. The molecule has 0 aliphatic heterocycles. The molecule has 0 spiro atoms. The van der Waals surface area contributed by atoms with E-state index in [9.17, 15) is 4.91 Å². The molecule has 0 saturated carbocycles. The Morgan fingerprint density at radius 3 is 1.92 bits per heavy atom. The van der Waals surface area contributed by atoms with Crippen LogP contribution in [0, 0.1) is 4.91 Å². The SMILES string of the molecule is CCC(C)N(ON=O)C(C)CC. The minimum Gasteiger partial charge on any atom is -0.260 e. The summed E-state index contributed by atoms with van der Waals surface area (Å²) < 4.78 is 0. The van der Waals surface area contributed by atoms with Crippen molar-refractivity contribution < 1.29 is 4.94 Å². The van der Waals surface area contributed by atoms with E-state index in [0.29, 0.717) is 0 Å². The molecule has 0 aliphatic rings. The van der Waals surface area contributed by atoms with Gasteiger partial charge in [-0.05, 0) is 26.7 Å². The Bertz CT molecular complexity index is 120. The van der Waals surface area contributed by atoms with Crippen LogP contribution in [0.1, 0.15) is 40.5 Å². The number of nitrogens with zero attached hydrogens (tertiary/aromatic N) is 2. The fourth-order valence-corrected chi connectivity index (χ4v) is 0.994. The molecule has 4 heteroatoms. The van der Waals surface area contributed by atoms with E-state index in [2.05, 4.69) is 10.3 Å². The van der Waals surface area contributed by atoms with Crippen molar-refractivity contribution in [2.75, 3.05) is 0 Å². The van der Waals surface area contributed by atoms with E-state index >= 15 is 0 Å². The molecule has 0 amide bonds. The van der Waals surface area contributed by atoms with Crippen LogP contribution in [0.5, 0.6) is 0 Å². The standard InChI is InChI=1S/C8H18N2O2/c1-5-7(3)10(12-9-11)8(4)6-2/h7-8H,5-6H2,1-4H3. The summed E-state index contributed by atoms with van der Waals surface area (Å²) in [5.41, 5.74) is 0. The maximum atomic E-state index is 9.94. The molecule has 0 heterocycles. The highest BCUT2D eigenvalue weighted by atomic mass is 16.9. The van der Waals surface area contributed by atoms with E-state index in [1.165, 1.54) is 0 Å². The second-order valence-electron chi connectivity index (χ2n) is 3.03. The van der Waals surface area contributed by atoms with Gasteiger partial charge in [0.15, 0.2) is 5.34 Å². The largest absolute Gasteiger partial charge is 0.260 e. The van der Waals surface area contributed by atoms with Crippen LogP contribution in [0.25, 0.3) is 0 Å². The highest BCUT2D eigenvalue weighted by molar-refractivity contribution is 4.63. The van der Waals surface area contributed by atoms with Crippen molar-refractivity contribution in [2.45, 2.75) is 52.6 Å². The molecule has 72 valence electrons. The lowest BCUT2D eigenvalue weighted by atomic mass is 10.2. The molecule has 0 aliphatic carbocycles. The van der Waals surface area contributed by atoms with Gasteiger partial charge in [0.1, 0.15) is 0 Å². The van der Waals surface area contributed by atoms with Crippen LogP contribution < -0.4 is 0 Å². The average Bonchev–Trinajstić information content (AvgIpc) is 2.11. The summed E-state index contributed by atoms with van der Waals surface area (Å²) in [6, 6.07) is 0.468. The van der Waals surface area contributed by atoms with Crippen molar-refractivity contribution in [3.05, 3.63) is 4.91 Å². The van der Waals surface area contributed by atoms with Crippen molar-refractivity contribution >= 4 is 0 Å². The summed E-state index contributed by atoms with van der Waals surface area (Å²) in [4.78, 5) is 14.6. The smallest absolute Gasteiger partial charge is 0.176 e. The maximum Gasteiger partial charge on any atom is 0.176 e. The van der Waals surface area contributed by atoms with Crippen LogP contribution in [-0.4, -0.2) is 17.1 Å². The van der Waals surface area contributed by atoms with Crippen LogP contribution in [0.3, 0.4) is 0 Å². The third-order valence-electron chi connectivity index (χ3n) is 2.18. The molecular weight excluding hydrogens is 156 g/mol. The maximum absolute atomic E-state index is 9.94. The Morgan fingerprint density at radius 2 is 1.67 bits per heavy atom. The summed E-state index contributed by atoms with van der Waals surface area (Å²) in [6.45, 7) is 8.12. The van der Waals surface area contributed by atoms with Crippen molar-refractivity contribution in [2.24, 2.45) is 5.34 Å². The van der Waals surface area contributed by atoms with Gasteiger partial charge in [-0.2, -0.15) is 0 Å². The van der Waals surface area contributed by atoms with E-state index < -0.39 is 0 Å². The molecule has 2 unspecified atom stereocenters. The zero-order chi connectivity index (χ0) is 9.56. The number of rotatable bonds is 6. The molecule has 0 rings (SSSR count). The summed E-state index contributed by atoms with van der Waals surface area (Å²) in [6.07, 6.45) is 1.89. The summed E-state index contributed by atoms with van der Waals surface area (Å²) in [5.74, 6) is 0. The Balaban J connectivity index is 4.09. The lowest BCUT2D eigenvalue weighted by Crippen LogP contribution is -2.38. The molecule has 0 saturated heterocycles. The lowest BCUT2D eigenvalue weighted by Gasteiger charge is -2.27. The van der Waals surface area contributed by atoms with Gasteiger partial charge in [-0.1, -0.05) is 13.8 Å². The molecule has 0 aromatic heterocycles. The molecule has 0 bridgehead atoms. The number of hydrogen-bond acceptors (Lipinski definition) is 4. The average molecular weight is 174 g/mol. The summed E-state index contributed by atoms with van der Waals surface area (Å²) in [5, 5.41) is 4.10. The van der Waals surface area contributed by atoms with Gasteiger partial charge in [0.2, 0.25) is 0 Å². The Morgan fingerprint density at radius 1 is 1.25 bits per heavy atom. The predicted molar refractivity (Wildman–Crippen MR) is 48.2 cm³/mol. The van der Waals surface area contributed by atoms with Gasteiger partial charge < -0.3 is 0 Å². The van der Waals surface area contributed by atoms with Crippen LogP contribution in [0.4, 0.5) is 0 Å². The van der Waals surface area contributed by atoms with E-state index in [1.807, 2.05) is 27.7 Å². The van der Waals surface area contributed by atoms with Crippen LogP contribution >= 0.6 is 0 Å². The number of hydroxylamine groups is 2. The third kappa shape index (κ3) is 3.17. The number of hydrogen-bond donors (Lipinski definition) is 0. The predicted octanol–water partition coefficient (Wildman–Crippen LogP) is 2.50. The van der Waals surface area contributed by atoms with Gasteiger partial charge in [0.25, 0.3) is 0 Å². The van der Waals surface area contributed by atoms with Crippen LogP contribution in [0.2, 0.25) is 0 Å². The Labute approximate surface area is 73.8 Å². The molecule has 0 aromatic carbocycles. The van der Waals surface area contributed by atoms with Crippen molar-refractivity contribution in [3.63, 3.8) is 0 Å². The Kier molecular flexibility index (Phi) is 5.62. The van der Waals surface area contributed by atoms with Crippen LogP contribution in [0.15, 0.2) is 5.34 Å². The lowest BCUT2D eigenvalue weighted by molar-refractivity contribution is -0.209. The van der Waals surface area contributed by atoms with E-state index in [0.717, 1.165) is 12.8 Å². The first-order valence-electron chi connectivity index (χ1n) is 4.45. The van der Waals surface area contributed by atoms with Crippen molar-refractivity contribution in [1.29, 1.82) is 0 Å². The summed E-state index contributed by atoms with van der Waals surface area (Å²) in [7, 11) is 0. The molecule has 0 radical (unpaired) electrons. The second kappa shape index (κ2) is 5.94. The van der Waals surface area contributed by atoms with Crippen molar-refractivity contribution in [1.82, 2.24) is 5.06 Å². The van der Waals surface area contributed by atoms with Gasteiger partial charge in [-0.25, -0.2) is 0 Å². The Hall–Kier alpha value is -0.640. The normalized spacial score (nSPS) is 15.8. The zero-order valence-corrected chi connectivity index (χ0v) is 8.28. The molecule has 2 atom stereocenters. The van der Waals surface area contributed by atoms with Crippen LogP contribution in [-0.2, 0) is 4.94 Å². The highest BCUT2D eigenvalue weighted by Gasteiger charge is 2.19. The van der Waals surface area contributed by atoms with E-state index in [-0.39, 0.29) is 12.1 Å². The third-order valence-corrected chi connectivity index (χ3v) is 2.18. The van der Waals surface area contributed by atoms with Crippen molar-refractivity contribution in [3.8, 4) is 0 Å². The van der Waals surface area contributed by atoms with Gasteiger partial charge in [0.05, 0.1) is 0 Å². The fraction of sp³-hybridized carbons (Fsp3) is 1.00. The van der Waals surface area contributed by atoms with E-state index in [4.69, 9.17) is 0 Å². The zero-order valence-electron chi connectivity index (χ0n) is 8.28. The molecule has 0 aromatic rings. The van der Waals surface area contributed by atoms with Gasteiger partial charge in [-0.3, -0.25) is 4.94 Å². The molecular formula is C8H18N2O2. The highest BCUT2D eigenvalue weighted by Crippen LogP contribution is 2.11.